The number of benzene rings is 1. The van der Waals surface area contributed by atoms with Gasteiger partial charge in [-0.15, -0.1) is 0 Å². The Labute approximate surface area is 122 Å². The van der Waals surface area contributed by atoms with Gasteiger partial charge in [-0.05, 0) is 24.6 Å². The number of carbonyl (C=O) groups is 1. The van der Waals surface area contributed by atoms with E-state index in [4.69, 9.17) is 0 Å². The number of aromatic nitrogens is 2. The third-order valence-corrected chi connectivity index (χ3v) is 3.48. The molecule has 0 atom stereocenters. The largest absolute Gasteiger partial charge is 0.326 e. The summed E-state index contributed by atoms with van der Waals surface area (Å²) in [6.45, 7) is 1.94. The second-order valence-electron chi connectivity index (χ2n) is 4.30. The first-order valence-corrected chi connectivity index (χ1v) is 6.62. The molecule has 1 amide bonds. The maximum atomic E-state index is 11.8. The zero-order chi connectivity index (χ0) is 14.7. The number of aromatic amines is 2. The summed E-state index contributed by atoms with van der Waals surface area (Å²) in [7, 11) is 0. The highest BCUT2D eigenvalue weighted by Crippen LogP contribution is 2.20. The molecule has 1 aromatic carbocycles. The molecule has 1 aromatic heterocycles. The Balaban J connectivity index is 2.10. The Morgan fingerprint density at radius 3 is 2.65 bits per heavy atom. The van der Waals surface area contributed by atoms with Crippen LogP contribution < -0.4 is 16.6 Å². The fourth-order valence-electron chi connectivity index (χ4n) is 1.66. The van der Waals surface area contributed by atoms with Crippen LogP contribution in [0.1, 0.15) is 11.3 Å². The van der Waals surface area contributed by atoms with Gasteiger partial charge in [0.1, 0.15) is 0 Å². The highest BCUT2D eigenvalue weighted by Gasteiger charge is 2.07. The van der Waals surface area contributed by atoms with Crippen molar-refractivity contribution in [2.75, 3.05) is 5.32 Å². The lowest BCUT2D eigenvalue weighted by molar-refractivity contribution is -0.115. The molecule has 20 heavy (non-hydrogen) atoms. The fraction of sp³-hybridized carbons (Fsp3) is 0.154. The molecule has 0 aliphatic carbocycles. The highest BCUT2D eigenvalue weighted by atomic mass is 79.9. The molecule has 0 bridgehead atoms. The number of carbonyl (C=O) groups excluding carboxylic acids is 1. The Bertz CT molecular complexity index is 736. The summed E-state index contributed by atoms with van der Waals surface area (Å²) in [6.07, 6.45) is -0.0787. The van der Waals surface area contributed by atoms with E-state index in [0.717, 1.165) is 10.0 Å². The van der Waals surface area contributed by atoms with Gasteiger partial charge in [0.05, 0.1) is 6.42 Å². The minimum atomic E-state index is -0.626. The van der Waals surface area contributed by atoms with E-state index in [1.165, 1.54) is 6.07 Å². The summed E-state index contributed by atoms with van der Waals surface area (Å²) in [6, 6.07) is 6.62. The van der Waals surface area contributed by atoms with Crippen molar-refractivity contribution in [3.63, 3.8) is 0 Å². The first-order chi connectivity index (χ1) is 9.44. The monoisotopic (exact) mass is 337 g/mol. The Morgan fingerprint density at radius 1 is 1.25 bits per heavy atom. The Hall–Kier alpha value is -2.15. The van der Waals surface area contributed by atoms with E-state index in [1.54, 1.807) is 12.1 Å². The van der Waals surface area contributed by atoms with Crippen molar-refractivity contribution in [3.8, 4) is 0 Å². The van der Waals surface area contributed by atoms with Gasteiger partial charge in [0.25, 0.3) is 5.56 Å². The Kier molecular flexibility index (Phi) is 4.19. The van der Waals surface area contributed by atoms with Crippen molar-refractivity contribution >= 4 is 27.5 Å². The van der Waals surface area contributed by atoms with Gasteiger partial charge in [-0.1, -0.05) is 22.0 Å². The number of aryl methyl sites for hydroxylation is 1. The Morgan fingerprint density at radius 2 is 2.00 bits per heavy atom. The summed E-state index contributed by atoms with van der Waals surface area (Å²) in [4.78, 5) is 38.5. The van der Waals surface area contributed by atoms with Crippen LogP contribution in [0.15, 0.2) is 38.3 Å². The molecule has 0 spiro atoms. The van der Waals surface area contributed by atoms with E-state index in [-0.39, 0.29) is 18.0 Å². The molecular formula is C13H12BrN3O3. The maximum absolute atomic E-state index is 11.8. The number of hydrogen-bond acceptors (Lipinski definition) is 3. The number of hydrogen-bond donors (Lipinski definition) is 3. The average Bonchev–Trinajstić information content (AvgIpc) is 2.32. The molecule has 6 nitrogen and oxygen atoms in total. The van der Waals surface area contributed by atoms with Crippen LogP contribution in [0.4, 0.5) is 5.69 Å². The minimum Gasteiger partial charge on any atom is -0.326 e. The molecular weight excluding hydrogens is 326 g/mol. The number of nitrogens with one attached hydrogen (secondary N) is 3. The van der Waals surface area contributed by atoms with Gasteiger partial charge < -0.3 is 10.3 Å². The van der Waals surface area contributed by atoms with Gasteiger partial charge in [0.15, 0.2) is 0 Å². The van der Waals surface area contributed by atoms with Crippen LogP contribution in [0.3, 0.4) is 0 Å². The van der Waals surface area contributed by atoms with Crippen molar-refractivity contribution in [2.24, 2.45) is 0 Å². The normalized spacial score (nSPS) is 10.3. The summed E-state index contributed by atoms with van der Waals surface area (Å²) in [5.41, 5.74) is 0.803. The van der Waals surface area contributed by atoms with Crippen molar-refractivity contribution in [3.05, 3.63) is 60.8 Å². The van der Waals surface area contributed by atoms with Crippen molar-refractivity contribution in [1.29, 1.82) is 0 Å². The molecule has 0 saturated carbocycles. The average molecular weight is 338 g/mol. The molecule has 1 heterocycles. The molecule has 0 saturated heterocycles. The number of rotatable bonds is 3. The number of H-pyrrole nitrogens is 2. The zero-order valence-corrected chi connectivity index (χ0v) is 12.2. The summed E-state index contributed by atoms with van der Waals surface area (Å²) in [5, 5.41) is 2.69. The second kappa shape index (κ2) is 5.87. The van der Waals surface area contributed by atoms with E-state index >= 15 is 0 Å². The molecule has 3 N–H and O–H groups in total. The number of anilines is 1. The van der Waals surface area contributed by atoms with Gasteiger partial charge >= 0.3 is 5.69 Å². The maximum Gasteiger partial charge on any atom is 0.325 e. The van der Waals surface area contributed by atoms with Crippen molar-refractivity contribution in [2.45, 2.75) is 13.3 Å². The topological polar surface area (TPSA) is 94.8 Å². The molecule has 7 heteroatoms. The summed E-state index contributed by atoms with van der Waals surface area (Å²) < 4.78 is 0.889. The number of amides is 1. The molecule has 2 rings (SSSR count). The molecule has 0 unspecified atom stereocenters. The third-order valence-electron chi connectivity index (χ3n) is 2.62. The van der Waals surface area contributed by atoms with Crippen molar-refractivity contribution < 1.29 is 4.79 Å². The number of halogens is 1. The molecule has 0 fully saturated rings. The predicted molar refractivity (Wildman–Crippen MR) is 78.9 cm³/mol. The van der Waals surface area contributed by atoms with Crippen LogP contribution in [-0.2, 0) is 11.2 Å². The molecule has 0 aliphatic heterocycles. The van der Waals surface area contributed by atoms with Crippen LogP contribution in [0, 0.1) is 6.92 Å². The summed E-state index contributed by atoms with van der Waals surface area (Å²) >= 11 is 3.38. The quantitative estimate of drug-likeness (QED) is 0.788. The van der Waals surface area contributed by atoms with Gasteiger partial charge in [-0.25, -0.2) is 4.79 Å². The molecule has 0 aliphatic rings. The van der Waals surface area contributed by atoms with E-state index in [2.05, 4.69) is 26.2 Å². The van der Waals surface area contributed by atoms with E-state index < -0.39 is 11.2 Å². The molecule has 104 valence electrons. The first-order valence-electron chi connectivity index (χ1n) is 5.82. The molecule has 0 radical (unpaired) electrons. The van der Waals surface area contributed by atoms with Crippen LogP contribution in [0.2, 0.25) is 0 Å². The van der Waals surface area contributed by atoms with Gasteiger partial charge in [0, 0.05) is 21.9 Å². The fourth-order valence-corrected chi connectivity index (χ4v) is 2.04. The lowest BCUT2D eigenvalue weighted by Gasteiger charge is -2.06. The smallest absolute Gasteiger partial charge is 0.325 e. The predicted octanol–water partition coefficient (Wildman–Crippen LogP) is 1.32. The van der Waals surface area contributed by atoms with Crippen LogP contribution in [0.25, 0.3) is 0 Å². The summed E-state index contributed by atoms with van der Waals surface area (Å²) in [5.74, 6) is -0.318. The standard InChI is InChI=1S/C13H12BrN3O3/c1-7-2-3-8(4-10(7)14)15-11(18)5-9-6-12(19)17-13(20)16-9/h2-4,6H,5H2,1H3,(H,15,18)(H2,16,17,19,20). The second-order valence-corrected chi connectivity index (χ2v) is 5.16. The highest BCUT2D eigenvalue weighted by molar-refractivity contribution is 9.10. The minimum absolute atomic E-state index is 0.0787. The van der Waals surface area contributed by atoms with Gasteiger partial charge in [-0.3, -0.25) is 14.6 Å². The van der Waals surface area contributed by atoms with E-state index in [9.17, 15) is 14.4 Å². The van der Waals surface area contributed by atoms with Crippen LogP contribution in [-0.4, -0.2) is 15.9 Å². The lowest BCUT2D eigenvalue weighted by Crippen LogP contribution is -2.25. The van der Waals surface area contributed by atoms with E-state index in [1.807, 2.05) is 18.0 Å². The molecule has 2 aromatic rings. The van der Waals surface area contributed by atoms with Gasteiger partial charge in [-0.2, -0.15) is 0 Å². The SMILES string of the molecule is Cc1ccc(NC(=O)Cc2cc(=O)[nH]c(=O)[nH]2)cc1Br. The van der Waals surface area contributed by atoms with Gasteiger partial charge in [0.2, 0.25) is 5.91 Å². The van der Waals surface area contributed by atoms with Crippen LogP contribution >= 0.6 is 15.9 Å². The lowest BCUT2D eigenvalue weighted by atomic mass is 10.2. The third kappa shape index (κ3) is 3.67. The zero-order valence-electron chi connectivity index (χ0n) is 10.6. The van der Waals surface area contributed by atoms with E-state index in [0.29, 0.717) is 5.69 Å². The first kappa shape index (κ1) is 14.3. The van der Waals surface area contributed by atoms with Crippen LogP contribution in [0.5, 0.6) is 0 Å². The van der Waals surface area contributed by atoms with Crippen molar-refractivity contribution in [1.82, 2.24) is 9.97 Å².